The predicted octanol–water partition coefficient (Wildman–Crippen LogP) is 3.69. The fourth-order valence-electron chi connectivity index (χ4n) is 2.36. The largest absolute Gasteiger partial charge is 0.310 e. The van der Waals surface area contributed by atoms with Crippen molar-refractivity contribution >= 4 is 34.2 Å². The summed E-state index contributed by atoms with van der Waals surface area (Å²) in [6.45, 7) is 2.96. The van der Waals surface area contributed by atoms with Crippen molar-refractivity contribution in [3.05, 3.63) is 46.7 Å². The van der Waals surface area contributed by atoms with E-state index in [1.807, 2.05) is 41.8 Å². The van der Waals surface area contributed by atoms with Crippen molar-refractivity contribution in [3.8, 4) is 0 Å². The number of benzene rings is 1. The number of nitrogens with one attached hydrogen (secondary N) is 1. The van der Waals surface area contributed by atoms with Crippen LogP contribution in [0.5, 0.6) is 0 Å². The molecule has 0 unspecified atom stereocenters. The van der Waals surface area contributed by atoms with E-state index >= 15 is 0 Å². The summed E-state index contributed by atoms with van der Waals surface area (Å²) >= 11 is 1.59. The Labute approximate surface area is 127 Å². The van der Waals surface area contributed by atoms with Gasteiger partial charge in [-0.3, -0.25) is 10.1 Å². The number of hydrogen-bond donors (Lipinski definition) is 1. The lowest BCUT2D eigenvalue weighted by Gasteiger charge is -2.08. The van der Waals surface area contributed by atoms with Crippen LogP contribution in [0.2, 0.25) is 0 Å². The Morgan fingerprint density at radius 1 is 1.29 bits per heavy atom. The molecule has 108 valence electrons. The molecule has 0 spiro atoms. The van der Waals surface area contributed by atoms with Crippen LogP contribution in [0, 0.1) is 0 Å². The van der Waals surface area contributed by atoms with Crippen LogP contribution >= 0.6 is 11.3 Å². The topological polar surface area (TPSA) is 46.9 Å². The molecule has 5 heteroatoms. The predicted molar refractivity (Wildman–Crippen MR) is 86.7 cm³/mol. The highest BCUT2D eigenvalue weighted by molar-refractivity contribution is 7.10. The first-order valence-corrected chi connectivity index (χ1v) is 7.93. The van der Waals surface area contributed by atoms with E-state index in [0.29, 0.717) is 12.4 Å². The zero-order valence-corrected chi connectivity index (χ0v) is 12.7. The van der Waals surface area contributed by atoms with Crippen LogP contribution in [0.3, 0.4) is 0 Å². The monoisotopic (exact) mass is 299 g/mol. The Bertz CT molecular complexity index is 746. The van der Waals surface area contributed by atoms with Crippen molar-refractivity contribution in [2.45, 2.75) is 26.3 Å². The third-order valence-electron chi connectivity index (χ3n) is 3.27. The standard InChI is InChI=1S/C16H17N3OS/c1-2-9-19-14-8-4-3-7-13(14)17-16(19)18-15(20)11-12-6-5-10-21-12/h3-8,10H,2,9,11H2,1H3,(H,17,18,20). The van der Waals surface area contributed by atoms with Crippen molar-refractivity contribution in [3.63, 3.8) is 0 Å². The van der Waals surface area contributed by atoms with Crippen molar-refractivity contribution in [2.75, 3.05) is 5.32 Å². The van der Waals surface area contributed by atoms with Gasteiger partial charge in [-0.25, -0.2) is 4.98 Å². The summed E-state index contributed by atoms with van der Waals surface area (Å²) < 4.78 is 2.07. The quantitative estimate of drug-likeness (QED) is 0.781. The third-order valence-corrected chi connectivity index (χ3v) is 4.14. The second kappa shape index (κ2) is 6.10. The van der Waals surface area contributed by atoms with Crippen molar-refractivity contribution < 1.29 is 4.79 Å². The van der Waals surface area contributed by atoms with Gasteiger partial charge >= 0.3 is 0 Å². The molecule has 0 atom stereocenters. The number of imidazole rings is 1. The minimum atomic E-state index is -0.0230. The molecule has 1 aromatic carbocycles. The summed E-state index contributed by atoms with van der Waals surface area (Å²) in [5, 5.41) is 4.92. The van der Waals surface area contributed by atoms with E-state index in [-0.39, 0.29) is 5.91 Å². The van der Waals surface area contributed by atoms with E-state index in [1.165, 1.54) is 0 Å². The zero-order chi connectivity index (χ0) is 14.7. The maximum atomic E-state index is 12.2. The van der Waals surface area contributed by atoms with E-state index in [0.717, 1.165) is 28.9 Å². The molecule has 1 N–H and O–H groups in total. The second-order valence-corrected chi connectivity index (χ2v) is 5.91. The number of aromatic nitrogens is 2. The molecule has 0 radical (unpaired) electrons. The zero-order valence-electron chi connectivity index (χ0n) is 11.9. The molecule has 0 saturated carbocycles. The summed E-state index contributed by atoms with van der Waals surface area (Å²) in [5.74, 6) is 0.615. The number of carbonyl (C=O) groups excluding carboxylic acids is 1. The molecular weight excluding hydrogens is 282 g/mol. The number of anilines is 1. The maximum absolute atomic E-state index is 12.2. The van der Waals surface area contributed by atoms with Gasteiger partial charge in [0.2, 0.25) is 11.9 Å². The smallest absolute Gasteiger partial charge is 0.231 e. The first-order valence-electron chi connectivity index (χ1n) is 7.05. The van der Waals surface area contributed by atoms with E-state index in [2.05, 4.69) is 21.8 Å². The molecule has 1 amide bonds. The van der Waals surface area contributed by atoms with Gasteiger partial charge in [-0.15, -0.1) is 11.3 Å². The summed E-state index contributed by atoms with van der Waals surface area (Å²) in [6.07, 6.45) is 1.39. The number of fused-ring (bicyclic) bond motifs is 1. The number of nitrogens with zero attached hydrogens (tertiary/aromatic N) is 2. The molecule has 0 saturated heterocycles. The molecule has 4 nitrogen and oxygen atoms in total. The lowest BCUT2D eigenvalue weighted by molar-refractivity contribution is -0.115. The van der Waals surface area contributed by atoms with Gasteiger partial charge in [0.25, 0.3) is 0 Å². The Hall–Kier alpha value is -2.14. The third kappa shape index (κ3) is 2.97. The maximum Gasteiger partial charge on any atom is 0.231 e. The number of thiophene rings is 1. The van der Waals surface area contributed by atoms with Crippen LogP contribution in [-0.2, 0) is 17.8 Å². The van der Waals surface area contributed by atoms with E-state index in [9.17, 15) is 4.79 Å². The Morgan fingerprint density at radius 2 is 2.14 bits per heavy atom. The molecule has 3 rings (SSSR count). The molecule has 2 aromatic heterocycles. The number of amides is 1. The molecule has 3 aromatic rings. The summed E-state index contributed by atoms with van der Waals surface area (Å²) in [6, 6.07) is 11.9. The van der Waals surface area contributed by atoms with Crippen LogP contribution in [0.15, 0.2) is 41.8 Å². The molecule has 0 aliphatic heterocycles. The highest BCUT2D eigenvalue weighted by Crippen LogP contribution is 2.20. The molecule has 21 heavy (non-hydrogen) atoms. The van der Waals surface area contributed by atoms with Gasteiger partial charge in [-0.2, -0.15) is 0 Å². The van der Waals surface area contributed by atoms with Gasteiger partial charge in [-0.05, 0) is 30.0 Å². The van der Waals surface area contributed by atoms with E-state index < -0.39 is 0 Å². The van der Waals surface area contributed by atoms with E-state index in [4.69, 9.17) is 0 Å². The van der Waals surface area contributed by atoms with E-state index in [1.54, 1.807) is 11.3 Å². The molecular formula is C16H17N3OS. The Kier molecular flexibility index (Phi) is 4.01. The molecule has 0 fully saturated rings. The van der Waals surface area contributed by atoms with Crippen LogP contribution in [0.1, 0.15) is 18.2 Å². The highest BCUT2D eigenvalue weighted by atomic mass is 32.1. The number of aryl methyl sites for hydroxylation is 1. The average Bonchev–Trinajstić information content (AvgIpc) is 3.08. The summed E-state index contributed by atoms with van der Waals surface area (Å²) in [5.41, 5.74) is 1.98. The van der Waals surface area contributed by atoms with Gasteiger partial charge in [0.05, 0.1) is 17.5 Å². The Morgan fingerprint density at radius 3 is 2.90 bits per heavy atom. The molecule has 0 aliphatic carbocycles. The number of rotatable bonds is 5. The first-order chi connectivity index (χ1) is 10.3. The number of carbonyl (C=O) groups is 1. The van der Waals surface area contributed by atoms with Gasteiger partial charge in [0.15, 0.2) is 0 Å². The minimum absolute atomic E-state index is 0.0230. The normalized spacial score (nSPS) is 10.9. The Balaban J connectivity index is 1.85. The van der Waals surface area contributed by atoms with Crippen LogP contribution in [0.25, 0.3) is 11.0 Å². The average molecular weight is 299 g/mol. The molecule has 0 aliphatic rings. The second-order valence-electron chi connectivity index (χ2n) is 4.88. The van der Waals surface area contributed by atoms with Gasteiger partial charge in [-0.1, -0.05) is 25.1 Å². The molecule has 2 heterocycles. The lowest BCUT2D eigenvalue weighted by atomic mass is 10.3. The van der Waals surface area contributed by atoms with Gasteiger partial charge in [0.1, 0.15) is 0 Å². The lowest BCUT2D eigenvalue weighted by Crippen LogP contribution is -2.17. The summed E-state index contributed by atoms with van der Waals surface area (Å²) in [4.78, 5) is 17.8. The van der Waals surface area contributed by atoms with Crippen LogP contribution in [0.4, 0.5) is 5.95 Å². The SMILES string of the molecule is CCCn1c(NC(=O)Cc2cccs2)nc2ccccc21. The number of para-hydroxylation sites is 2. The fraction of sp³-hybridized carbons (Fsp3) is 0.250. The van der Waals surface area contributed by atoms with Crippen LogP contribution < -0.4 is 5.32 Å². The van der Waals surface area contributed by atoms with Crippen molar-refractivity contribution in [2.24, 2.45) is 0 Å². The van der Waals surface area contributed by atoms with Crippen LogP contribution in [-0.4, -0.2) is 15.5 Å². The summed E-state index contributed by atoms with van der Waals surface area (Å²) in [7, 11) is 0. The van der Waals surface area contributed by atoms with Crippen molar-refractivity contribution in [1.29, 1.82) is 0 Å². The highest BCUT2D eigenvalue weighted by Gasteiger charge is 2.13. The van der Waals surface area contributed by atoms with Crippen molar-refractivity contribution in [1.82, 2.24) is 9.55 Å². The van der Waals surface area contributed by atoms with Gasteiger partial charge < -0.3 is 4.57 Å². The fourth-order valence-corrected chi connectivity index (χ4v) is 3.06. The van der Waals surface area contributed by atoms with Gasteiger partial charge in [0, 0.05) is 11.4 Å². The first kappa shape index (κ1) is 13.8. The number of hydrogen-bond acceptors (Lipinski definition) is 3. The minimum Gasteiger partial charge on any atom is -0.310 e. The molecule has 0 bridgehead atoms.